The van der Waals surface area contributed by atoms with Gasteiger partial charge in [0.1, 0.15) is 6.54 Å². The van der Waals surface area contributed by atoms with Gasteiger partial charge >= 0.3 is 11.7 Å². The van der Waals surface area contributed by atoms with E-state index in [1.807, 2.05) is 6.92 Å². The zero-order valence-electron chi connectivity index (χ0n) is 13.3. The Hall–Kier alpha value is -2.64. The number of methoxy groups -OCH3 is 1. The maximum atomic E-state index is 12.3. The summed E-state index contributed by atoms with van der Waals surface area (Å²) in [5.41, 5.74) is 0.244. The summed E-state index contributed by atoms with van der Waals surface area (Å²) < 4.78 is 7.27. The second kappa shape index (κ2) is 7.57. The number of ether oxygens (including phenoxy) is 1. The third-order valence-electron chi connectivity index (χ3n) is 3.42. The largest absolute Gasteiger partial charge is 0.468 e. The van der Waals surface area contributed by atoms with Crippen molar-refractivity contribution in [1.82, 2.24) is 19.1 Å². The minimum Gasteiger partial charge on any atom is -0.468 e. The van der Waals surface area contributed by atoms with Gasteiger partial charge in [0.25, 0.3) is 0 Å². The number of esters is 1. The molecule has 2 heterocycles. The van der Waals surface area contributed by atoms with Gasteiger partial charge in [0, 0.05) is 19.2 Å². The number of hydrogen-bond acceptors (Lipinski definition) is 5. The summed E-state index contributed by atoms with van der Waals surface area (Å²) in [6.07, 6.45) is 2.46. The number of pyridine rings is 1. The number of fused-ring (bicyclic) bond motifs is 1. The number of hydrogen-bond donors (Lipinski definition) is 0. The quantitative estimate of drug-likeness (QED) is 0.685. The lowest BCUT2D eigenvalue weighted by atomic mass is 10.3. The highest BCUT2D eigenvalue weighted by atomic mass is 16.5. The number of carbonyl (C=O) groups excluding carboxylic acids is 2. The molecule has 23 heavy (non-hydrogen) atoms. The van der Waals surface area contributed by atoms with Gasteiger partial charge in [0.2, 0.25) is 5.91 Å². The molecule has 8 nitrogen and oxygen atoms in total. The Bertz CT molecular complexity index is 749. The zero-order chi connectivity index (χ0) is 16.8. The Morgan fingerprint density at radius 1 is 1.35 bits per heavy atom. The fourth-order valence-electron chi connectivity index (χ4n) is 2.26. The van der Waals surface area contributed by atoms with Gasteiger partial charge in [-0.25, -0.2) is 9.48 Å². The number of amides is 1. The van der Waals surface area contributed by atoms with E-state index in [1.54, 1.807) is 24.4 Å². The average molecular weight is 320 g/mol. The predicted octanol–water partition coefficient (Wildman–Crippen LogP) is 0.298. The Morgan fingerprint density at radius 2 is 2.13 bits per heavy atom. The van der Waals surface area contributed by atoms with Crippen LogP contribution in [0.25, 0.3) is 5.65 Å². The Kier molecular flexibility index (Phi) is 5.51. The standard InChI is InChI=1S/C15H20N4O4/c1-3-8-17(11-14(21)23-2)13(20)7-10-19-15(22)18-9-5-4-6-12(18)16-19/h4-6,9H,3,7-8,10-11H2,1-2H3. The predicted molar refractivity (Wildman–Crippen MR) is 83.0 cm³/mol. The van der Waals surface area contributed by atoms with Gasteiger partial charge in [0.15, 0.2) is 5.65 Å². The van der Waals surface area contributed by atoms with Crippen LogP contribution in [0.3, 0.4) is 0 Å². The van der Waals surface area contributed by atoms with E-state index in [0.717, 1.165) is 6.42 Å². The van der Waals surface area contributed by atoms with Crippen molar-refractivity contribution in [2.75, 3.05) is 20.2 Å². The van der Waals surface area contributed by atoms with E-state index in [-0.39, 0.29) is 31.1 Å². The SMILES string of the molecule is CCCN(CC(=O)OC)C(=O)CCn1nc2ccccn2c1=O. The second-order valence-corrected chi connectivity index (χ2v) is 5.08. The minimum absolute atomic E-state index is 0.0801. The van der Waals surface area contributed by atoms with Gasteiger partial charge in [-0.3, -0.25) is 14.0 Å². The lowest BCUT2D eigenvalue weighted by Crippen LogP contribution is -2.37. The van der Waals surface area contributed by atoms with Crippen molar-refractivity contribution in [3.8, 4) is 0 Å². The molecule has 2 aromatic heterocycles. The van der Waals surface area contributed by atoms with E-state index in [1.165, 1.54) is 21.1 Å². The molecule has 0 unspecified atom stereocenters. The molecule has 0 bridgehead atoms. The van der Waals surface area contributed by atoms with E-state index in [4.69, 9.17) is 0 Å². The molecule has 2 aromatic rings. The summed E-state index contributed by atoms with van der Waals surface area (Å²) >= 11 is 0. The molecular weight excluding hydrogens is 300 g/mol. The van der Waals surface area contributed by atoms with Crippen LogP contribution in [-0.2, 0) is 20.9 Å². The number of nitrogens with zero attached hydrogens (tertiary/aromatic N) is 4. The molecule has 0 spiro atoms. The number of aromatic nitrogens is 3. The highest BCUT2D eigenvalue weighted by molar-refractivity contribution is 5.81. The van der Waals surface area contributed by atoms with Gasteiger partial charge in [-0.15, -0.1) is 5.10 Å². The monoisotopic (exact) mass is 320 g/mol. The van der Waals surface area contributed by atoms with Gasteiger partial charge < -0.3 is 9.64 Å². The van der Waals surface area contributed by atoms with Crippen LogP contribution in [0, 0.1) is 0 Å². The van der Waals surface area contributed by atoms with Crippen LogP contribution < -0.4 is 5.69 Å². The summed E-state index contributed by atoms with van der Waals surface area (Å²) in [5, 5.41) is 4.17. The molecule has 0 saturated carbocycles. The molecule has 0 aliphatic heterocycles. The molecule has 124 valence electrons. The van der Waals surface area contributed by atoms with Gasteiger partial charge in [-0.2, -0.15) is 0 Å². The summed E-state index contributed by atoms with van der Waals surface area (Å²) in [6.45, 7) is 2.47. The molecule has 0 fully saturated rings. The summed E-state index contributed by atoms with van der Waals surface area (Å²) in [5.74, 6) is -0.669. The van der Waals surface area contributed by atoms with Crippen LogP contribution in [0.2, 0.25) is 0 Å². The Labute approximate surface area is 133 Å². The first-order chi connectivity index (χ1) is 11.1. The smallest absolute Gasteiger partial charge is 0.350 e. The molecule has 8 heteroatoms. The molecule has 0 aliphatic carbocycles. The van der Waals surface area contributed by atoms with Crippen molar-refractivity contribution in [3.05, 3.63) is 34.9 Å². The van der Waals surface area contributed by atoms with Gasteiger partial charge in [-0.05, 0) is 18.6 Å². The summed E-state index contributed by atoms with van der Waals surface area (Å²) in [6, 6.07) is 5.25. The van der Waals surface area contributed by atoms with Crippen LogP contribution >= 0.6 is 0 Å². The van der Waals surface area contributed by atoms with E-state index in [9.17, 15) is 14.4 Å². The van der Waals surface area contributed by atoms with Crippen molar-refractivity contribution in [1.29, 1.82) is 0 Å². The third kappa shape index (κ3) is 3.97. The van der Waals surface area contributed by atoms with E-state index < -0.39 is 5.97 Å². The molecule has 0 aromatic carbocycles. The molecule has 0 saturated heterocycles. The second-order valence-electron chi connectivity index (χ2n) is 5.08. The fourth-order valence-corrected chi connectivity index (χ4v) is 2.26. The minimum atomic E-state index is -0.461. The number of rotatable bonds is 7. The van der Waals surface area contributed by atoms with Crippen LogP contribution in [0.15, 0.2) is 29.2 Å². The lowest BCUT2D eigenvalue weighted by molar-refractivity contribution is -0.147. The molecule has 0 aliphatic rings. The lowest BCUT2D eigenvalue weighted by Gasteiger charge is -2.20. The Morgan fingerprint density at radius 3 is 2.78 bits per heavy atom. The van der Waals surface area contributed by atoms with Crippen molar-refractivity contribution >= 4 is 17.5 Å². The van der Waals surface area contributed by atoms with Gasteiger partial charge in [0.05, 0.1) is 13.7 Å². The summed E-state index contributed by atoms with van der Waals surface area (Å²) in [7, 11) is 1.28. The van der Waals surface area contributed by atoms with Crippen molar-refractivity contribution < 1.29 is 14.3 Å². The van der Waals surface area contributed by atoms with E-state index >= 15 is 0 Å². The zero-order valence-corrected chi connectivity index (χ0v) is 13.3. The molecule has 0 atom stereocenters. The molecule has 0 radical (unpaired) electrons. The maximum absolute atomic E-state index is 12.3. The van der Waals surface area contributed by atoms with Gasteiger partial charge in [-0.1, -0.05) is 13.0 Å². The first kappa shape index (κ1) is 16.7. The van der Waals surface area contributed by atoms with Crippen LogP contribution in [0.1, 0.15) is 19.8 Å². The van der Waals surface area contributed by atoms with Crippen LogP contribution in [-0.4, -0.2) is 51.2 Å². The maximum Gasteiger partial charge on any atom is 0.350 e. The topological polar surface area (TPSA) is 85.9 Å². The molecular formula is C15H20N4O4. The van der Waals surface area contributed by atoms with Crippen molar-refractivity contribution in [2.24, 2.45) is 0 Å². The highest BCUT2D eigenvalue weighted by Crippen LogP contribution is 2.01. The van der Waals surface area contributed by atoms with E-state index in [0.29, 0.717) is 12.2 Å². The molecule has 0 N–H and O–H groups in total. The normalized spacial score (nSPS) is 10.7. The molecule has 1 amide bonds. The van der Waals surface area contributed by atoms with Crippen LogP contribution in [0.5, 0.6) is 0 Å². The summed E-state index contributed by atoms with van der Waals surface area (Å²) in [4.78, 5) is 37.2. The first-order valence-electron chi connectivity index (χ1n) is 7.45. The van der Waals surface area contributed by atoms with Crippen LogP contribution in [0.4, 0.5) is 0 Å². The van der Waals surface area contributed by atoms with Crippen molar-refractivity contribution in [3.63, 3.8) is 0 Å². The number of aryl methyl sites for hydroxylation is 1. The highest BCUT2D eigenvalue weighted by Gasteiger charge is 2.17. The van der Waals surface area contributed by atoms with Crippen molar-refractivity contribution in [2.45, 2.75) is 26.3 Å². The van der Waals surface area contributed by atoms with E-state index in [2.05, 4.69) is 9.84 Å². The Balaban J connectivity index is 2.05. The third-order valence-corrected chi connectivity index (χ3v) is 3.42. The molecule has 2 rings (SSSR count). The first-order valence-corrected chi connectivity index (χ1v) is 7.45. The number of carbonyl (C=O) groups is 2. The average Bonchev–Trinajstić information content (AvgIpc) is 2.88. The fraction of sp³-hybridized carbons (Fsp3) is 0.467.